The van der Waals surface area contributed by atoms with Crippen LogP contribution < -0.4 is 5.43 Å². The Bertz CT molecular complexity index is 668. The smallest absolute Gasteiger partial charge is 0.314 e. The predicted molar refractivity (Wildman–Crippen MR) is 70.2 cm³/mol. The van der Waals surface area contributed by atoms with E-state index in [1.807, 2.05) is 0 Å². The summed E-state index contributed by atoms with van der Waals surface area (Å²) >= 11 is 0. The first-order valence-electron chi connectivity index (χ1n) is 6.65. The molecule has 1 aliphatic carbocycles. The number of hydrogen-bond acceptors (Lipinski definition) is 4. The number of methoxy groups -OCH3 is 1. The number of carbonyl (C=O) groups excluding carboxylic acids is 1. The Labute approximate surface area is 124 Å². The largest absolute Gasteiger partial charge is 0.493 e. The minimum absolute atomic E-state index is 0.0874. The van der Waals surface area contributed by atoms with Crippen molar-refractivity contribution >= 4 is 11.6 Å². The van der Waals surface area contributed by atoms with Gasteiger partial charge in [0, 0.05) is 12.3 Å². The van der Waals surface area contributed by atoms with Gasteiger partial charge in [0.05, 0.1) is 18.7 Å². The molecule has 0 aromatic rings. The molecule has 5 nitrogen and oxygen atoms in total. The molecule has 0 saturated heterocycles. The zero-order valence-electron chi connectivity index (χ0n) is 11.8. The number of nitrogens with one attached hydrogen (secondary N) is 1. The van der Waals surface area contributed by atoms with Gasteiger partial charge < -0.3 is 9.47 Å². The van der Waals surface area contributed by atoms with Gasteiger partial charge in [0.1, 0.15) is 0 Å². The van der Waals surface area contributed by atoms with Gasteiger partial charge in [-0.2, -0.15) is 9.49 Å². The van der Waals surface area contributed by atoms with E-state index in [1.54, 1.807) is 6.92 Å². The van der Waals surface area contributed by atoms with E-state index >= 15 is 4.39 Å². The van der Waals surface area contributed by atoms with Gasteiger partial charge in [-0.05, 0) is 6.08 Å². The van der Waals surface area contributed by atoms with E-state index in [1.165, 1.54) is 19.3 Å². The molecule has 118 valence electrons. The third-order valence-corrected chi connectivity index (χ3v) is 3.95. The lowest BCUT2D eigenvalue weighted by Gasteiger charge is -2.34. The first-order valence-corrected chi connectivity index (χ1v) is 6.65. The Morgan fingerprint density at radius 3 is 2.86 bits per heavy atom. The maximum Gasteiger partial charge on any atom is 0.314 e. The fourth-order valence-electron chi connectivity index (χ4n) is 2.86. The van der Waals surface area contributed by atoms with Crippen molar-refractivity contribution in [3.05, 3.63) is 35.5 Å². The Hall–Kier alpha value is -2.25. The summed E-state index contributed by atoms with van der Waals surface area (Å²) in [5, 5.41) is 3.83. The Morgan fingerprint density at radius 1 is 1.50 bits per heavy atom. The summed E-state index contributed by atoms with van der Waals surface area (Å²) in [7, 11) is 1.24. The number of halogens is 3. The van der Waals surface area contributed by atoms with E-state index < -0.39 is 35.1 Å². The van der Waals surface area contributed by atoms with E-state index in [4.69, 9.17) is 4.74 Å². The Kier molecular flexibility index (Phi) is 3.26. The highest BCUT2D eigenvalue weighted by molar-refractivity contribution is 5.98. The predicted octanol–water partition coefficient (Wildman–Crippen LogP) is 2.39. The number of nitrogens with zero attached hydrogens (tertiary/aromatic N) is 1. The van der Waals surface area contributed by atoms with Crippen LogP contribution in [0.3, 0.4) is 0 Å². The molecule has 0 fully saturated rings. The van der Waals surface area contributed by atoms with Crippen LogP contribution in [-0.2, 0) is 14.3 Å². The second-order valence-electron chi connectivity index (χ2n) is 5.31. The summed E-state index contributed by atoms with van der Waals surface area (Å²) in [5.41, 5.74) is -0.418. The monoisotopic (exact) mass is 314 g/mol. The summed E-state index contributed by atoms with van der Waals surface area (Å²) in [6.07, 6.45) is 2.79. The molecule has 0 aromatic heterocycles. The third-order valence-electron chi connectivity index (χ3n) is 3.95. The normalized spacial score (nSPS) is 34.2. The van der Waals surface area contributed by atoms with Crippen molar-refractivity contribution in [2.24, 2.45) is 16.9 Å². The quantitative estimate of drug-likeness (QED) is 0.851. The maximum absolute atomic E-state index is 15.4. The molecule has 3 aliphatic rings. The van der Waals surface area contributed by atoms with Gasteiger partial charge in [-0.1, -0.05) is 13.0 Å². The Morgan fingerprint density at radius 2 is 2.23 bits per heavy atom. The molecule has 0 saturated carbocycles. The van der Waals surface area contributed by atoms with Crippen molar-refractivity contribution in [2.75, 3.05) is 7.11 Å². The average molecular weight is 314 g/mol. The maximum atomic E-state index is 15.4. The van der Waals surface area contributed by atoms with E-state index in [9.17, 15) is 13.6 Å². The molecule has 3 unspecified atom stereocenters. The summed E-state index contributed by atoms with van der Waals surface area (Å²) in [5.74, 6) is -4.30. The second-order valence-corrected chi connectivity index (χ2v) is 5.31. The van der Waals surface area contributed by atoms with Gasteiger partial charge in [0.2, 0.25) is 17.4 Å². The number of carbonyl (C=O) groups is 1. The summed E-state index contributed by atoms with van der Waals surface area (Å²) in [6.45, 7) is 1.66. The van der Waals surface area contributed by atoms with Crippen LogP contribution in [-0.4, -0.2) is 24.4 Å². The summed E-state index contributed by atoms with van der Waals surface area (Å²) in [6, 6.07) is -1.63. The number of fused-ring (bicyclic) bond motifs is 1. The van der Waals surface area contributed by atoms with Crippen LogP contribution in [0.1, 0.15) is 13.3 Å². The van der Waals surface area contributed by atoms with Gasteiger partial charge in [0.15, 0.2) is 11.5 Å². The van der Waals surface area contributed by atoms with Gasteiger partial charge in [-0.15, -0.1) is 0 Å². The first kappa shape index (κ1) is 14.7. The molecule has 0 aromatic carbocycles. The van der Waals surface area contributed by atoms with Crippen LogP contribution in [0.5, 0.6) is 0 Å². The number of allylic oxidation sites excluding steroid dienone is 3. The van der Waals surface area contributed by atoms with Crippen LogP contribution in [0, 0.1) is 11.8 Å². The van der Waals surface area contributed by atoms with Gasteiger partial charge in [0.25, 0.3) is 0 Å². The zero-order chi connectivity index (χ0) is 16.1. The molecule has 3 rings (SSSR count). The molecule has 1 amide bonds. The number of hydrazone groups is 1. The van der Waals surface area contributed by atoms with Crippen molar-refractivity contribution in [3.63, 3.8) is 0 Å². The highest BCUT2D eigenvalue weighted by Gasteiger charge is 2.60. The lowest BCUT2D eigenvalue weighted by Crippen LogP contribution is -2.45. The third kappa shape index (κ3) is 1.86. The SMILES string of the molecule is COC1=C2OC(F)=C(F)C2(F)C(C2=NNC(=O)CC2C)C=C1. The van der Waals surface area contributed by atoms with Crippen LogP contribution in [0.15, 0.2) is 40.6 Å². The van der Waals surface area contributed by atoms with Crippen molar-refractivity contribution in [2.45, 2.75) is 19.0 Å². The van der Waals surface area contributed by atoms with Gasteiger partial charge in [-0.3, -0.25) is 4.79 Å². The summed E-state index contributed by atoms with van der Waals surface area (Å²) < 4.78 is 52.5. The second kappa shape index (κ2) is 4.89. The minimum atomic E-state index is -2.86. The molecule has 8 heteroatoms. The lowest BCUT2D eigenvalue weighted by molar-refractivity contribution is -0.122. The number of ether oxygens (including phenoxy) is 2. The molecule has 0 spiro atoms. The van der Waals surface area contributed by atoms with Crippen LogP contribution >= 0.6 is 0 Å². The molecule has 0 bridgehead atoms. The van der Waals surface area contributed by atoms with Gasteiger partial charge >= 0.3 is 6.01 Å². The number of hydrogen-bond donors (Lipinski definition) is 1. The first-order chi connectivity index (χ1) is 10.4. The van der Waals surface area contributed by atoms with E-state index in [0.717, 1.165) is 0 Å². The summed E-state index contributed by atoms with van der Waals surface area (Å²) in [4.78, 5) is 11.3. The molecule has 1 N–H and O–H groups in total. The van der Waals surface area contributed by atoms with E-state index in [2.05, 4.69) is 15.3 Å². The van der Waals surface area contributed by atoms with E-state index in [-0.39, 0.29) is 23.8 Å². The minimum Gasteiger partial charge on any atom is -0.493 e. The number of amides is 1. The highest BCUT2D eigenvalue weighted by Crippen LogP contribution is 2.52. The lowest BCUT2D eigenvalue weighted by atomic mass is 9.75. The molecule has 0 radical (unpaired) electrons. The van der Waals surface area contributed by atoms with Crippen LogP contribution in [0.2, 0.25) is 0 Å². The van der Waals surface area contributed by atoms with Crippen molar-refractivity contribution in [1.29, 1.82) is 0 Å². The molecular weight excluding hydrogens is 301 g/mol. The molecule has 22 heavy (non-hydrogen) atoms. The van der Waals surface area contributed by atoms with E-state index in [0.29, 0.717) is 0 Å². The van der Waals surface area contributed by atoms with Crippen molar-refractivity contribution in [3.8, 4) is 0 Å². The fourth-order valence-corrected chi connectivity index (χ4v) is 2.86. The molecule has 3 atom stereocenters. The fraction of sp³-hybridized carbons (Fsp3) is 0.429. The topological polar surface area (TPSA) is 59.9 Å². The number of alkyl halides is 1. The highest BCUT2D eigenvalue weighted by atomic mass is 19.2. The van der Waals surface area contributed by atoms with Crippen LogP contribution in [0.4, 0.5) is 13.2 Å². The Balaban J connectivity index is 2.09. The zero-order valence-corrected chi connectivity index (χ0v) is 11.8. The standard InChI is InChI=1S/C14H13F3N2O3/c1-6-5-9(20)18-19-10(6)7-3-4-8(21-2)12-14(7,17)11(15)13(16)22-12/h3-4,6-7H,5H2,1-2H3,(H,18,20). The molecule has 2 aliphatic heterocycles. The molecule has 2 heterocycles. The number of rotatable bonds is 2. The van der Waals surface area contributed by atoms with Crippen LogP contribution in [0.25, 0.3) is 0 Å². The van der Waals surface area contributed by atoms with Gasteiger partial charge in [-0.25, -0.2) is 14.2 Å². The van der Waals surface area contributed by atoms with Crippen molar-refractivity contribution < 1.29 is 27.4 Å². The van der Waals surface area contributed by atoms with Crippen molar-refractivity contribution in [1.82, 2.24) is 5.43 Å². The average Bonchev–Trinajstić information content (AvgIpc) is 2.71. The molecular formula is C14H13F3N2O3.